The Balaban J connectivity index is 1.36. The summed E-state index contributed by atoms with van der Waals surface area (Å²) >= 11 is 6.70. The molecule has 1 N–H and O–H groups in total. The highest BCUT2D eigenvalue weighted by molar-refractivity contribution is 6.33. The zero-order valence-corrected chi connectivity index (χ0v) is 20.8. The van der Waals surface area contributed by atoms with Crippen LogP contribution in [0.15, 0.2) is 54.6 Å². The van der Waals surface area contributed by atoms with Gasteiger partial charge in [-0.1, -0.05) is 55.8 Å². The fourth-order valence-electron chi connectivity index (χ4n) is 4.31. The molecule has 0 radical (unpaired) electrons. The van der Waals surface area contributed by atoms with Crippen LogP contribution in [0.4, 0.5) is 17.2 Å². The van der Waals surface area contributed by atoms with Gasteiger partial charge in [-0.05, 0) is 25.1 Å². The molecule has 0 bridgehead atoms. The van der Waals surface area contributed by atoms with Crippen LogP contribution in [0.1, 0.15) is 19.5 Å². The summed E-state index contributed by atoms with van der Waals surface area (Å²) in [6.07, 6.45) is 0. The molecule has 1 amide bonds. The molecule has 0 spiro atoms. The topological polar surface area (TPSA) is 78.7 Å². The average Bonchev–Trinajstić information content (AvgIpc) is 3.29. The summed E-state index contributed by atoms with van der Waals surface area (Å²) in [5.74, 6) is 2.13. The molecule has 0 aliphatic carbocycles. The quantitative estimate of drug-likeness (QED) is 0.434. The summed E-state index contributed by atoms with van der Waals surface area (Å²) in [5.41, 5.74) is 3.58. The molecule has 180 valence electrons. The van der Waals surface area contributed by atoms with E-state index >= 15 is 0 Å². The summed E-state index contributed by atoms with van der Waals surface area (Å²) < 4.78 is 1.71. The van der Waals surface area contributed by atoms with Crippen molar-refractivity contribution in [1.29, 1.82) is 0 Å². The van der Waals surface area contributed by atoms with E-state index in [9.17, 15) is 4.79 Å². The van der Waals surface area contributed by atoms with Crippen molar-refractivity contribution in [1.82, 2.24) is 24.5 Å². The Labute approximate surface area is 209 Å². The van der Waals surface area contributed by atoms with Crippen molar-refractivity contribution in [2.24, 2.45) is 5.92 Å². The van der Waals surface area contributed by atoms with Gasteiger partial charge in [-0.25, -0.2) is 4.98 Å². The van der Waals surface area contributed by atoms with Crippen molar-refractivity contribution < 1.29 is 4.79 Å². The Kier molecular flexibility index (Phi) is 6.30. The maximum Gasteiger partial charge on any atom is 0.254 e. The van der Waals surface area contributed by atoms with Gasteiger partial charge in [-0.15, -0.1) is 5.10 Å². The molecule has 1 saturated heterocycles. The minimum atomic E-state index is 0.0209. The van der Waals surface area contributed by atoms with Crippen molar-refractivity contribution in [3.8, 4) is 11.4 Å². The lowest BCUT2D eigenvalue weighted by atomic mass is 10.1. The summed E-state index contributed by atoms with van der Waals surface area (Å²) in [7, 11) is 0. The van der Waals surface area contributed by atoms with Crippen LogP contribution in [0.5, 0.6) is 0 Å². The second kappa shape index (κ2) is 9.54. The number of halogens is 1. The number of fused-ring (bicyclic) bond motifs is 1. The number of aryl methyl sites for hydroxylation is 1. The first kappa shape index (κ1) is 23.1. The van der Waals surface area contributed by atoms with Crippen LogP contribution in [0.2, 0.25) is 5.02 Å². The van der Waals surface area contributed by atoms with Gasteiger partial charge in [0.25, 0.3) is 5.78 Å². The molecule has 3 heterocycles. The molecule has 9 heteroatoms. The Hall–Kier alpha value is -3.65. The van der Waals surface area contributed by atoms with Crippen LogP contribution >= 0.6 is 11.6 Å². The van der Waals surface area contributed by atoms with E-state index in [0.29, 0.717) is 29.7 Å². The van der Waals surface area contributed by atoms with Gasteiger partial charge in [0, 0.05) is 55.1 Å². The van der Waals surface area contributed by atoms with Crippen LogP contribution in [-0.2, 0) is 4.79 Å². The monoisotopic (exact) mass is 489 g/mol. The van der Waals surface area contributed by atoms with Gasteiger partial charge in [0.2, 0.25) is 5.91 Å². The van der Waals surface area contributed by atoms with Gasteiger partial charge in [0.1, 0.15) is 5.82 Å². The van der Waals surface area contributed by atoms with Crippen molar-refractivity contribution in [2.75, 3.05) is 36.4 Å². The first-order chi connectivity index (χ1) is 16.9. The number of piperazine rings is 1. The highest BCUT2D eigenvalue weighted by atomic mass is 35.5. The molecule has 1 fully saturated rings. The van der Waals surface area contributed by atoms with Gasteiger partial charge >= 0.3 is 0 Å². The lowest BCUT2D eigenvalue weighted by molar-refractivity contribution is -0.134. The number of nitrogens with one attached hydrogen (secondary N) is 1. The number of carbonyl (C=O) groups is 1. The molecule has 2 aromatic carbocycles. The average molecular weight is 490 g/mol. The Bertz CT molecular complexity index is 1360. The largest absolute Gasteiger partial charge is 0.367 e. The van der Waals surface area contributed by atoms with Gasteiger partial charge in [-0.3, -0.25) is 4.79 Å². The molecular formula is C26H28ClN7O. The van der Waals surface area contributed by atoms with E-state index in [4.69, 9.17) is 11.6 Å². The first-order valence-electron chi connectivity index (χ1n) is 11.8. The third-order valence-electron chi connectivity index (χ3n) is 6.12. The third kappa shape index (κ3) is 4.79. The normalized spacial score (nSPS) is 14.1. The SMILES string of the molecule is Cc1cc(Nc2ccc(N3CCN(C(=O)C(C)C)CC3)c(Cl)c2)n2nc(-c3ccccc3)nc2n1. The standard InChI is InChI=1S/C26H28ClN7O/c1-17(2)25(35)33-13-11-32(12-14-33)22-10-9-20(16-21(22)27)29-23-15-18(3)28-26-30-24(31-34(23)26)19-7-5-4-6-8-19/h4-10,15-17,29H,11-14H2,1-3H3. The maximum absolute atomic E-state index is 12.3. The predicted molar refractivity (Wildman–Crippen MR) is 139 cm³/mol. The molecule has 0 atom stereocenters. The number of anilines is 3. The minimum absolute atomic E-state index is 0.0209. The number of amides is 1. The molecule has 4 aromatic rings. The number of hydrogen-bond donors (Lipinski definition) is 1. The lowest BCUT2D eigenvalue weighted by Gasteiger charge is -2.37. The Morgan fingerprint density at radius 3 is 2.43 bits per heavy atom. The Morgan fingerprint density at radius 1 is 1.00 bits per heavy atom. The molecule has 1 aliphatic heterocycles. The molecule has 1 aliphatic rings. The van der Waals surface area contributed by atoms with Crippen molar-refractivity contribution in [3.63, 3.8) is 0 Å². The zero-order chi connectivity index (χ0) is 24.5. The van der Waals surface area contributed by atoms with Crippen LogP contribution in [0.25, 0.3) is 17.2 Å². The van der Waals surface area contributed by atoms with Crippen molar-refractivity contribution in [2.45, 2.75) is 20.8 Å². The fraction of sp³-hybridized carbons (Fsp3) is 0.308. The van der Waals surface area contributed by atoms with Crippen LogP contribution in [0.3, 0.4) is 0 Å². The van der Waals surface area contributed by atoms with Gasteiger partial charge in [0.05, 0.1) is 10.7 Å². The van der Waals surface area contributed by atoms with E-state index in [0.717, 1.165) is 41.5 Å². The Morgan fingerprint density at radius 2 is 1.74 bits per heavy atom. The predicted octanol–water partition coefficient (Wildman–Crippen LogP) is 4.80. The molecule has 0 unspecified atom stereocenters. The number of carbonyl (C=O) groups excluding carboxylic acids is 1. The molecule has 0 saturated carbocycles. The number of benzene rings is 2. The minimum Gasteiger partial charge on any atom is -0.367 e. The van der Waals surface area contributed by atoms with Crippen molar-refractivity contribution >= 4 is 40.5 Å². The van der Waals surface area contributed by atoms with E-state index < -0.39 is 0 Å². The molecule has 5 rings (SSSR count). The van der Waals surface area contributed by atoms with E-state index in [2.05, 4.69) is 25.3 Å². The van der Waals surface area contributed by atoms with Crippen LogP contribution < -0.4 is 10.2 Å². The van der Waals surface area contributed by atoms with E-state index in [1.165, 1.54) is 0 Å². The van der Waals surface area contributed by atoms with E-state index in [-0.39, 0.29) is 11.8 Å². The maximum atomic E-state index is 12.3. The van der Waals surface area contributed by atoms with Crippen LogP contribution in [-0.4, -0.2) is 56.6 Å². The second-order valence-corrected chi connectivity index (χ2v) is 9.46. The van der Waals surface area contributed by atoms with E-state index in [1.54, 1.807) is 4.52 Å². The summed E-state index contributed by atoms with van der Waals surface area (Å²) in [6, 6.07) is 17.7. The zero-order valence-electron chi connectivity index (χ0n) is 20.1. The highest BCUT2D eigenvalue weighted by Crippen LogP contribution is 2.31. The third-order valence-corrected chi connectivity index (χ3v) is 6.42. The molecule has 8 nitrogen and oxygen atoms in total. The summed E-state index contributed by atoms with van der Waals surface area (Å²) in [4.78, 5) is 25.6. The van der Waals surface area contributed by atoms with Gasteiger partial charge in [0.15, 0.2) is 5.82 Å². The number of nitrogens with zero attached hydrogens (tertiary/aromatic N) is 6. The highest BCUT2D eigenvalue weighted by Gasteiger charge is 2.24. The lowest BCUT2D eigenvalue weighted by Crippen LogP contribution is -2.50. The van der Waals surface area contributed by atoms with Crippen LogP contribution in [0, 0.1) is 12.8 Å². The molecule has 35 heavy (non-hydrogen) atoms. The van der Waals surface area contributed by atoms with Gasteiger partial charge < -0.3 is 15.1 Å². The van der Waals surface area contributed by atoms with E-state index in [1.807, 2.05) is 80.3 Å². The summed E-state index contributed by atoms with van der Waals surface area (Å²) in [5, 5.41) is 8.75. The number of rotatable bonds is 5. The summed E-state index contributed by atoms with van der Waals surface area (Å²) in [6.45, 7) is 8.75. The first-order valence-corrected chi connectivity index (χ1v) is 12.2. The second-order valence-electron chi connectivity index (χ2n) is 9.05. The number of hydrogen-bond acceptors (Lipinski definition) is 6. The smallest absolute Gasteiger partial charge is 0.254 e. The molecule has 2 aromatic heterocycles. The molecular weight excluding hydrogens is 462 g/mol. The van der Waals surface area contributed by atoms with Gasteiger partial charge in [-0.2, -0.15) is 9.50 Å². The fourth-order valence-corrected chi connectivity index (χ4v) is 4.61. The number of aromatic nitrogens is 4. The van der Waals surface area contributed by atoms with Crippen molar-refractivity contribution in [3.05, 3.63) is 65.3 Å².